The average molecular weight is 359 g/mol. The van der Waals surface area contributed by atoms with E-state index in [2.05, 4.69) is 5.10 Å². The molecule has 0 aromatic carbocycles. The summed E-state index contributed by atoms with van der Waals surface area (Å²) in [6, 6.07) is 4.05. The lowest BCUT2D eigenvalue weighted by Crippen LogP contribution is -2.29. The Kier molecular flexibility index (Phi) is 3.99. The lowest BCUT2D eigenvalue weighted by atomic mass is 10.3. The fourth-order valence-electron chi connectivity index (χ4n) is 3.40. The van der Waals surface area contributed by atoms with Crippen molar-refractivity contribution in [2.24, 2.45) is 0 Å². The largest absolute Gasteiger partial charge is 0.336 e. The van der Waals surface area contributed by atoms with E-state index in [1.54, 1.807) is 23.0 Å². The molecule has 0 N–H and O–H groups in total. The molecule has 0 aliphatic carbocycles. The Bertz CT molecular complexity index is 814. The number of likely N-dealkylation sites (tertiary alicyclic amines) is 1. The number of amides is 3. The Morgan fingerprint density at radius 2 is 2.12 bits per heavy atom. The van der Waals surface area contributed by atoms with E-state index in [-0.39, 0.29) is 18.0 Å². The molecule has 1 atom stereocenters. The summed E-state index contributed by atoms with van der Waals surface area (Å²) in [5.74, 6) is 0.101. The van der Waals surface area contributed by atoms with Crippen molar-refractivity contribution in [1.82, 2.24) is 19.6 Å². The van der Waals surface area contributed by atoms with E-state index in [1.807, 2.05) is 34.8 Å². The van der Waals surface area contributed by atoms with Crippen LogP contribution in [0.25, 0.3) is 0 Å². The Morgan fingerprint density at radius 1 is 1.28 bits per heavy atom. The molecule has 25 heavy (non-hydrogen) atoms. The van der Waals surface area contributed by atoms with E-state index >= 15 is 0 Å². The quantitative estimate of drug-likeness (QED) is 0.844. The van der Waals surface area contributed by atoms with Crippen molar-refractivity contribution in [3.8, 4) is 0 Å². The molecule has 0 bridgehead atoms. The van der Waals surface area contributed by atoms with Crippen LogP contribution in [-0.2, 0) is 0 Å². The third-order valence-corrected chi connectivity index (χ3v) is 5.88. The van der Waals surface area contributed by atoms with Crippen LogP contribution in [0.1, 0.15) is 27.0 Å². The zero-order valence-corrected chi connectivity index (χ0v) is 15.2. The highest BCUT2D eigenvalue weighted by Gasteiger charge is 2.31. The molecule has 0 saturated carbocycles. The highest BCUT2D eigenvalue weighted by atomic mass is 32.1. The van der Waals surface area contributed by atoms with Gasteiger partial charge in [0.2, 0.25) is 0 Å². The predicted molar refractivity (Wildman–Crippen MR) is 96.2 cm³/mol. The summed E-state index contributed by atoms with van der Waals surface area (Å²) in [6.45, 7) is 4.83. The monoisotopic (exact) mass is 359 g/mol. The summed E-state index contributed by atoms with van der Waals surface area (Å²) in [5.41, 5.74) is 0.827. The minimum Gasteiger partial charge on any atom is -0.336 e. The topological polar surface area (TPSA) is 61.7 Å². The standard InChI is InChI=1S/C17H21N5O2S/c1-12-3-4-15(25-12)16(23)20-6-5-13(10-20)22-11-14(9-18-22)21-8-7-19(2)17(21)24/h3-4,9,11,13H,5-8,10H2,1-2H3. The van der Waals surface area contributed by atoms with Gasteiger partial charge in [0.15, 0.2) is 0 Å². The maximum Gasteiger partial charge on any atom is 0.324 e. The normalized spacial score (nSPS) is 20.8. The molecule has 1 unspecified atom stereocenters. The number of urea groups is 1. The van der Waals surface area contributed by atoms with Gasteiger partial charge in [-0.3, -0.25) is 14.4 Å². The number of carbonyl (C=O) groups excluding carboxylic acids is 2. The molecule has 2 aliphatic heterocycles. The zero-order valence-electron chi connectivity index (χ0n) is 14.4. The summed E-state index contributed by atoms with van der Waals surface area (Å²) in [7, 11) is 1.81. The van der Waals surface area contributed by atoms with Crippen molar-refractivity contribution in [1.29, 1.82) is 0 Å². The maximum atomic E-state index is 12.6. The number of aryl methyl sites for hydroxylation is 1. The van der Waals surface area contributed by atoms with Gasteiger partial charge < -0.3 is 9.80 Å². The molecule has 0 radical (unpaired) electrons. The number of anilines is 1. The van der Waals surface area contributed by atoms with Crippen LogP contribution in [0.5, 0.6) is 0 Å². The number of nitrogens with zero attached hydrogens (tertiary/aromatic N) is 5. The van der Waals surface area contributed by atoms with Gasteiger partial charge in [0.1, 0.15) is 0 Å². The lowest BCUT2D eigenvalue weighted by molar-refractivity contribution is 0.0792. The van der Waals surface area contributed by atoms with Crippen molar-refractivity contribution in [2.45, 2.75) is 19.4 Å². The van der Waals surface area contributed by atoms with E-state index in [9.17, 15) is 9.59 Å². The first kappa shape index (κ1) is 16.1. The number of thiophene rings is 1. The van der Waals surface area contributed by atoms with Crippen molar-refractivity contribution < 1.29 is 9.59 Å². The molecule has 132 valence electrons. The van der Waals surface area contributed by atoms with E-state index in [0.717, 1.165) is 35.0 Å². The molecule has 8 heteroatoms. The lowest BCUT2D eigenvalue weighted by Gasteiger charge is -2.16. The minimum atomic E-state index is 0.0100. The highest BCUT2D eigenvalue weighted by molar-refractivity contribution is 7.13. The van der Waals surface area contributed by atoms with E-state index < -0.39 is 0 Å². The maximum absolute atomic E-state index is 12.6. The van der Waals surface area contributed by atoms with Crippen molar-refractivity contribution in [3.05, 3.63) is 34.3 Å². The van der Waals surface area contributed by atoms with Crippen LogP contribution in [0, 0.1) is 6.92 Å². The molecule has 3 amide bonds. The molecule has 7 nitrogen and oxygen atoms in total. The van der Waals surface area contributed by atoms with Crippen molar-refractivity contribution >= 4 is 29.0 Å². The Balaban J connectivity index is 1.44. The molecule has 2 aliphatic rings. The highest BCUT2D eigenvalue weighted by Crippen LogP contribution is 2.27. The molecule has 0 spiro atoms. The van der Waals surface area contributed by atoms with Crippen LogP contribution in [0.3, 0.4) is 0 Å². The van der Waals surface area contributed by atoms with Crippen LogP contribution in [-0.4, -0.2) is 64.7 Å². The van der Waals surface area contributed by atoms with Gasteiger partial charge >= 0.3 is 6.03 Å². The van der Waals surface area contributed by atoms with Crippen molar-refractivity contribution in [2.75, 3.05) is 38.1 Å². The minimum absolute atomic E-state index is 0.0100. The summed E-state index contributed by atoms with van der Waals surface area (Å²) >= 11 is 1.54. The van der Waals surface area contributed by atoms with Crippen LogP contribution >= 0.6 is 11.3 Å². The second kappa shape index (κ2) is 6.18. The number of aromatic nitrogens is 2. The SMILES string of the molecule is Cc1ccc(C(=O)N2CCC(n3cc(N4CCN(C)C4=O)cn3)C2)s1. The first-order chi connectivity index (χ1) is 12.0. The zero-order chi connectivity index (χ0) is 17.6. The Hall–Kier alpha value is -2.35. The van der Waals surface area contributed by atoms with Crippen LogP contribution in [0.2, 0.25) is 0 Å². The van der Waals surface area contributed by atoms with Crippen molar-refractivity contribution in [3.63, 3.8) is 0 Å². The fraction of sp³-hybridized carbons (Fsp3) is 0.471. The van der Waals surface area contributed by atoms with Gasteiger partial charge in [-0.15, -0.1) is 11.3 Å². The molecule has 4 heterocycles. The fourth-order valence-corrected chi connectivity index (χ4v) is 4.24. The van der Waals surface area contributed by atoms with Gasteiger partial charge in [0, 0.05) is 44.3 Å². The number of hydrogen-bond acceptors (Lipinski definition) is 4. The molecule has 2 aromatic rings. The number of carbonyl (C=O) groups is 2. The molecule has 2 aromatic heterocycles. The van der Waals surface area contributed by atoms with Gasteiger partial charge in [0.25, 0.3) is 5.91 Å². The van der Waals surface area contributed by atoms with E-state index in [0.29, 0.717) is 13.1 Å². The predicted octanol–water partition coefficient (Wildman–Crippen LogP) is 2.21. The number of likely N-dealkylation sites (N-methyl/N-ethyl adjacent to an activating group) is 1. The van der Waals surface area contributed by atoms with E-state index in [4.69, 9.17) is 0 Å². The van der Waals surface area contributed by atoms with Gasteiger partial charge in [-0.25, -0.2) is 4.79 Å². The first-order valence-electron chi connectivity index (χ1n) is 8.45. The third-order valence-electron chi connectivity index (χ3n) is 4.89. The number of hydrogen-bond donors (Lipinski definition) is 0. The summed E-state index contributed by atoms with van der Waals surface area (Å²) in [5, 5.41) is 4.44. The molecular weight excluding hydrogens is 338 g/mol. The van der Waals surface area contributed by atoms with Crippen LogP contribution in [0.4, 0.5) is 10.5 Å². The first-order valence-corrected chi connectivity index (χ1v) is 9.27. The van der Waals surface area contributed by atoms with Crippen LogP contribution < -0.4 is 4.90 Å². The van der Waals surface area contributed by atoms with E-state index in [1.165, 1.54) is 11.3 Å². The van der Waals surface area contributed by atoms with Gasteiger partial charge in [-0.1, -0.05) is 0 Å². The van der Waals surface area contributed by atoms with Gasteiger partial charge in [-0.05, 0) is 25.5 Å². The molecule has 4 rings (SSSR count). The molecular formula is C17H21N5O2S. The van der Waals surface area contributed by atoms with Crippen LogP contribution in [0.15, 0.2) is 24.5 Å². The third kappa shape index (κ3) is 2.90. The van der Waals surface area contributed by atoms with Gasteiger partial charge in [-0.2, -0.15) is 5.10 Å². The smallest absolute Gasteiger partial charge is 0.324 e. The second-order valence-corrected chi connectivity index (χ2v) is 7.93. The Morgan fingerprint density at radius 3 is 2.80 bits per heavy atom. The Labute approximate surface area is 150 Å². The summed E-state index contributed by atoms with van der Waals surface area (Å²) in [6.07, 6.45) is 4.54. The molecule has 2 fully saturated rings. The van der Waals surface area contributed by atoms with Gasteiger partial charge in [0.05, 0.1) is 22.8 Å². The number of rotatable bonds is 3. The molecule has 2 saturated heterocycles. The summed E-state index contributed by atoms with van der Waals surface area (Å²) < 4.78 is 1.90. The average Bonchev–Trinajstić information content (AvgIpc) is 3.35. The second-order valence-electron chi connectivity index (χ2n) is 6.64. The summed E-state index contributed by atoms with van der Waals surface area (Å²) in [4.78, 5) is 32.0.